The highest BCUT2D eigenvalue weighted by Crippen LogP contribution is 2.33. The summed E-state index contributed by atoms with van der Waals surface area (Å²) in [5.74, 6) is 0.964. The quantitative estimate of drug-likeness (QED) is 0.740. The van der Waals surface area contributed by atoms with Gasteiger partial charge in [-0.1, -0.05) is 17.3 Å². The number of nitrogens with zero attached hydrogens (tertiary/aromatic N) is 4. The van der Waals surface area contributed by atoms with Gasteiger partial charge < -0.3 is 4.52 Å². The Morgan fingerprint density at radius 3 is 2.70 bits per heavy atom. The normalized spacial score (nSPS) is 18.8. The summed E-state index contributed by atoms with van der Waals surface area (Å²) in [6, 6.07) is 10.4. The molecule has 0 N–H and O–H groups in total. The lowest BCUT2D eigenvalue weighted by molar-refractivity contribution is 0.204. The second kappa shape index (κ2) is 5.74. The number of hydrogen-bond acceptors (Lipinski definition) is 5. The number of para-hydroxylation sites is 2. The Balaban J connectivity index is 1.63. The summed E-state index contributed by atoms with van der Waals surface area (Å²) in [5.41, 5.74) is 4.90. The molecule has 0 amide bonds. The first-order valence-corrected chi connectivity index (χ1v) is 8.10. The molecule has 5 heteroatoms. The number of aromatic nitrogens is 3. The van der Waals surface area contributed by atoms with Crippen molar-refractivity contribution in [3.05, 3.63) is 53.2 Å². The standard InChI is InChI=1S/C18H20N4O/c1-12-10-18(23-21-12)17-8-5-9-22(17)11-16-13(2)19-14-6-3-4-7-15(14)20-16/h3-4,6-7,10,17H,5,8-9,11H2,1-2H3/t17-/m1/s1. The molecule has 0 aliphatic carbocycles. The summed E-state index contributed by atoms with van der Waals surface area (Å²) in [6.45, 7) is 5.86. The van der Waals surface area contributed by atoms with Crippen molar-refractivity contribution >= 4 is 11.0 Å². The molecule has 0 saturated carbocycles. The molecule has 0 spiro atoms. The maximum atomic E-state index is 5.49. The van der Waals surface area contributed by atoms with Crippen LogP contribution in [0.15, 0.2) is 34.9 Å². The number of aryl methyl sites for hydroxylation is 2. The fourth-order valence-electron chi connectivity index (χ4n) is 3.34. The second-order valence-electron chi connectivity index (χ2n) is 6.24. The highest BCUT2D eigenvalue weighted by molar-refractivity contribution is 5.74. The van der Waals surface area contributed by atoms with Gasteiger partial charge in [-0.25, -0.2) is 9.97 Å². The van der Waals surface area contributed by atoms with Crippen LogP contribution in [-0.4, -0.2) is 26.6 Å². The first kappa shape index (κ1) is 14.3. The third-order valence-corrected chi connectivity index (χ3v) is 4.53. The zero-order valence-corrected chi connectivity index (χ0v) is 13.5. The molecule has 4 rings (SSSR count). The highest BCUT2D eigenvalue weighted by Gasteiger charge is 2.29. The monoisotopic (exact) mass is 308 g/mol. The molecule has 1 saturated heterocycles. The average molecular weight is 308 g/mol. The summed E-state index contributed by atoms with van der Waals surface area (Å²) in [7, 11) is 0. The second-order valence-corrected chi connectivity index (χ2v) is 6.24. The predicted molar refractivity (Wildman–Crippen MR) is 87.9 cm³/mol. The zero-order chi connectivity index (χ0) is 15.8. The molecule has 0 unspecified atom stereocenters. The van der Waals surface area contributed by atoms with Crippen LogP contribution in [-0.2, 0) is 6.54 Å². The van der Waals surface area contributed by atoms with Crippen LogP contribution in [0.4, 0.5) is 0 Å². The van der Waals surface area contributed by atoms with Gasteiger partial charge in [-0.3, -0.25) is 4.90 Å². The Morgan fingerprint density at radius 2 is 1.96 bits per heavy atom. The zero-order valence-electron chi connectivity index (χ0n) is 13.5. The topological polar surface area (TPSA) is 55.1 Å². The van der Waals surface area contributed by atoms with Crippen molar-refractivity contribution in [1.82, 2.24) is 20.0 Å². The van der Waals surface area contributed by atoms with Gasteiger partial charge in [-0.15, -0.1) is 0 Å². The van der Waals surface area contributed by atoms with E-state index in [0.29, 0.717) is 6.04 Å². The summed E-state index contributed by atoms with van der Waals surface area (Å²) < 4.78 is 5.49. The molecule has 2 aromatic heterocycles. The predicted octanol–water partition coefficient (Wildman–Crippen LogP) is 3.57. The molecular formula is C18H20N4O. The Morgan fingerprint density at radius 1 is 1.17 bits per heavy atom. The minimum atomic E-state index is 0.295. The van der Waals surface area contributed by atoms with Crippen molar-refractivity contribution in [2.75, 3.05) is 6.54 Å². The van der Waals surface area contributed by atoms with Crippen LogP contribution in [0.2, 0.25) is 0 Å². The summed E-state index contributed by atoms with van der Waals surface area (Å²) in [5, 5.41) is 4.03. The fraction of sp³-hybridized carbons (Fsp3) is 0.389. The molecule has 23 heavy (non-hydrogen) atoms. The van der Waals surface area contributed by atoms with Gasteiger partial charge in [-0.2, -0.15) is 0 Å². The average Bonchev–Trinajstić information content (AvgIpc) is 3.16. The Labute approximate surface area is 135 Å². The smallest absolute Gasteiger partial charge is 0.154 e. The summed E-state index contributed by atoms with van der Waals surface area (Å²) >= 11 is 0. The van der Waals surface area contributed by atoms with E-state index >= 15 is 0 Å². The number of likely N-dealkylation sites (tertiary alicyclic amines) is 1. The van der Waals surface area contributed by atoms with Crippen molar-refractivity contribution in [2.24, 2.45) is 0 Å². The van der Waals surface area contributed by atoms with E-state index in [1.807, 2.05) is 44.2 Å². The Kier molecular flexibility index (Phi) is 3.58. The minimum Gasteiger partial charge on any atom is -0.359 e. The molecule has 0 bridgehead atoms. The first-order valence-electron chi connectivity index (χ1n) is 8.10. The van der Waals surface area contributed by atoms with Crippen molar-refractivity contribution in [1.29, 1.82) is 0 Å². The van der Waals surface area contributed by atoms with E-state index in [2.05, 4.69) is 10.1 Å². The van der Waals surface area contributed by atoms with Crippen LogP contribution in [0.5, 0.6) is 0 Å². The Bertz CT molecular complexity index is 842. The van der Waals surface area contributed by atoms with Crippen LogP contribution in [0.1, 0.15) is 41.7 Å². The SMILES string of the molecule is Cc1cc([C@H]2CCCN2Cc2nc3ccccc3nc2C)on1. The van der Waals surface area contributed by atoms with Crippen LogP contribution in [0, 0.1) is 13.8 Å². The third-order valence-electron chi connectivity index (χ3n) is 4.53. The number of benzene rings is 1. The molecule has 1 fully saturated rings. The summed E-state index contributed by atoms with van der Waals surface area (Å²) in [6.07, 6.45) is 2.28. The molecule has 1 atom stereocenters. The van der Waals surface area contributed by atoms with Gasteiger partial charge in [0.1, 0.15) is 0 Å². The van der Waals surface area contributed by atoms with E-state index in [9.17, 15) is 0 Å². The van der Waals surface area contributed by atoms with Gasteiger partial charge in [0.05, 0.1) is 34.2 Å². The van der Waals surface area contributed by atoms with E-state index in [1.165, 1.54) is 6.42 Å². The highest BCUT2D eigenvalue weighted by atomic mass is 16.5. The lowest BCUT2D eigenvalue weighted by atomic mass is 10.1. The van der Waals surface area contributed by atoms with E-state index < -0.39 is 0 Å². The van der Waals surface area contributed by atoms with Crippen molar-refractivity contribution in [3.8, 4) is 0 Å². The molecule has 1 aromatic carbocycles. The fourth-order valence-corrected chi connectivity index (χ4v) is 3.34. The first-order chi connectivity index (χ1) is 11.2. The van der Waals surface area contributed by atoms with Crippen molar-refractivity contribution in [2.45, 2.75) is 39.3 Å². The lowest BCUT2D eigenvalue weighted by Crippen LogP contribution is -2.23. The number of rotatable bonds is 3. The van der Waals surface area contributed by atoms with Gasteiger partial charge in [0, 0.05) is 12.6 Å². The third kappa shape index (κ3) is 2.72. The van der Waals surface area contributed by atoms with Crippen molar-refractivity contribution in [3.63, 3.8) is 0 Å². The molecule has 118 valence electrons. The van der Waals surface area contributed by atoms with E-state index in [1.54, 1.807) is 0 Å². The molecule has 3 aromatic rings. The molecule has 5 nitrogen and oxygen atoms in total. The maximum absolute atomic E-state index is 5.49. The molecule has 3 heterocycles. The van der Waals surface area contributed by atoms with E-state index in [4.69, 9.17) is 14.5 Å². The van der Waals surface area contributed by atoms with Gasteiger partial charge in [0.15, 0.2) is 5.76 Å². The molecular weight excluding hydrogens is 288 g/mol. The minimum absolute atomic E-state index is 0.295. The van der Waals surface area contributed by atoms with Crippen LogP contribution >= 0.6 is 0 Å². The lowest BCUT2D eigenvalue weighted by Gasteiger charge is -2.22. The number of hydrogen-bond donors (Lipinski definition) is 0. The molecule has 1 aliphatic rings. The van der Waals surface area contributed by atoms with E-state index in [-0.39, 0.29) is 0 Å². The van der Waals surface area contributed by atoms with Gasteiger partial charge >= 0.3 is 0 Å². The Hall–Kier alpha value is -2.27. The largest absolute Gasteiger partial charge is 0.359 e. The van der Waals surface area contributed by atoms with Gasteiger partial charge in [0.2, 0.25) is 0 Å². The van der Waals surface area contributed by atoms with Crippen LogP contribution in [0.3, 0.4) is 0 Å². The van der Waals surface area contributed by atoms with Crippen molar-refractivity contribution < 1.29 is 4.52 Å². The molecule has 0 radical (unpaired) electrons. The van der Waals surface area contributed by atoms with Crippen LogP contribution in [0.25, 0.3) is 11.0 Å². The van der Waals surface area contributed by atoms with Gasteiger partial charge in [-0.05, 0) is 45.4 Å². The number of fused-ring (bicyclic) bond motifs is 1. The maximum Gasteiger partial charge on any atom is 0.154 e. The van der Waals surface area contributed by atoms with E-state index in [0.717, 1.165) is 53.4 Å². The molecule has 1 aliphatic heterocycles. The summed E-state index contributed by atoms with van der Waals surface area (Å²) in [4.78, 5) is 11.9. The van der Waals surface area contributed by atoms with Gasteiger partial charge in [0.25, 0.3) is 0 Å². The van der Waals surface area contributed by atoms with Crippen LogP contribution < -0.4 is 0 Å².